The first-order chi connectivity index (χ1) is 6.91. The highest BCUT2D eigenvalue weighted by Gasteiger charge is 2.28. The van der Waals surface area contributed by atoms with Crippen molar-refractivity contribution < 1.29 is 14.7 Å². The lowest BCUT2D eigenvalue weighted by molar-refractivity contribution is -0.148. The first-order valence-corrected chi connectivity index (χ1v) is 4.97. The van der Waals surface area contributed by atoms with Crippen LogP contribution < -0.4 is 0 Å². The van der Waals surface area contributed by atoms with E-state index in [4.69, 9.17) is 33.6 Å². The van der Waals surface area contributed by atoms with Crippen LogP contribution in [0.25, 0.3) is 0 Å². The zero-order chi connectivity index (χ0) is 12.0. The topological polar surface area (TPSA) is 81.4 Å². The Morgan fingerprint density at radius 3 is 2.40 bits per heavy atom. The van der Waals surface area contributed by atoms with Gasteiger partial charge in [-0.05, 0) is 6.92 Å². The first-order valence-electron chi connectivity index (χ1n) is 4.10. The molecular formula is C8H10Cl2N2O3. The van der Waals surface area contributed by atoms with Gasteiger partial charge in [0.25, 0.3) is 5.91 Å². The minimum Gasteiger partial charge on any atom is -0.480 e. The van der Waals surface area contributed by atoms with Crippen molar-refractivity contribution in [3.8, 4) is 6.07 Å². The molecule has 1 unspecified atom stereocenters. The van der Waals surface area contributed by atoms with E-state index in [2.05, 4.69) is 0 Å². The van der Waals surface area contributed by atoms with Crippen molar-refractivity contribution in [2.45, 2.75) is 24.2 Å². The van der Waals surface area contributed by atoms with Gasteiger partial charge in [0, 0.05) is 6.54 Å². The highest BCUT2D eigenvalue weighted by Crippen LogP contribution is 2.11. The number of hydrogen-bond donors (Lipinski definition) is 1. The second-order valence-electron chi connectivity index (χ2n) is 2.75. The molecule has 0 saturated heterocycles. The lowest BCUT2D eigenvalue weighted by Gasteiger charge is -2.25. The molecule has 0 aliphatic rings. The fourth-order valence-electron chi connectivity index (χ4n) is 0.924. The Hall–Kier alpha value is -0.990. The normalized spacial score (nSPS) is 11.9. The Balaban J connectivity index is 4.65. The number of carbonyl (C=O) groups excluding carboxylic acids is 1. The van der Waals surface area contributed by atoms with E-state index in [1.165, 1.54) is 6.92 Å². The number of halogens is 2. The van der Waals surface area contributed by atoms with Crippen molar-refractivity contribution >= 4 is 35.1 Å². The molecule has 1 N–H and O–H groups in total. The van der Waals surface area contributed by atoms with Crippen molar-refractivity contribution in [1.29, 1.82) is 5.26 Å². The summed E-state index contributed by atoms with van der Waals surface area (Å²) in [6, 6.07) is 0.763. The molecule has 0 fully saturated rings. The number of carboxylic acids is 1. The largest absolute Gasteiger partial charge is 0.480 e. The molecule has 0 saturated carbocycles. The van der Waals surface area contributed by atoms with Crippen LogP contribution in [0.3, 0.4) is 0 Å². The van der Waals surface area contributed by atoms with E-state index in [1.54, 1.807) is 0 Å². The van der Waals surface area contributed by atoms with Crippen molar-refractivity contribution in [3.63, 3.8) is 0 Å². The smallest absolute Gasteiger partial charge is 0.326 e. The van der Waals surface area contributed by atoms with Crippen molar-refractivity contribution in [3.05, 3.63) is 0 Å². The van der Waals surface area contributed by atoms with Gasteiger partial charge in [-0.1, -0.05) is 23.2 Å². The predicted octanol–water partition coefficient (Wildman–Crippen LogP) is 1.01. The van der Waals surface area contributed by atoms with Gasteiger partial charge in [-0.2, -0.15) is 5.26 Å². The maximum atomic E-state index is 11.4. The van der Waals surface area contributed by atoms with Crippen LogP contribution in [-0.2, 0) is 9.59 Å². The highest BCUT2D eigenvalue weighted by atomic mass is 35.5. The number of nitriles is 1. The molecule has 1 atom stereocenters. The zero-order valence-electron chi connectivity index (χ0n) is 7.98. The third kappa shape index (κ3) is 4.36. The van der Waals surface area contributed by atoms with Gasteiger partial charge < -0.3 is 10.0 Å². The van der Waals surface area contributed by atoms with Gasteiger partial charge in [0.05, 0.1) is 12.5 Å². The Kier molecular flexibility index (Phi) is 6.06. The van der Waals surface area contributed by atoms with E-state index in [1.807, 2.05) is 6.07 Å². The van der Waals surface area contributed by atoms with E-state index in [0.717, 1.165) is 4.90 Å². The fraction of sp³-hybridized carbons (Fsp3) is 0.625. The Labute approximate surface area is 97.2 Å². The summed E-state index contributed by atoms with van der Waals surface area (Å²) in [6.45, 7) is 1.33. The van der Waals surface area contributed by atoms with E-state index in [-0.39, 0.29) is 13.0 Å². The molecule has 0 spiro atoms. The minimum atomic E-state index is -1.31. The molecule has 15 heavy (non-hydrogen) atoms. The van der Waals surface area contributed by atoms with Crippen LogP contribution >= 0.6 is 23.2 Å². The summed E-state index contributed by atoms with van der Waals surface area (Å²) in [7, 11) is 0. The standard InChI is InChI=1S/C8H10Cl2N2O3/c1-5(8(14)15)12(4-2-3-11)7(13)6(9)10/h5-6H,2,4H2,1H3,(H,14,15). The second-order valence-corrected chi connectivity index (χ2v) is 3.85. The number of carboxylic acid groups (broad SMARTS) is 1. The molecule has 0 bridgehead atoms. The molecule has 0 aliphatic carbocycles. The quantitative estimate of drug-likeness (QED) is 0.741. The van der Waals surface area contributed by atoms with Crippen LogP contribution in [0.1, 0.15) is 13.3 Å². The molecule has 0 aliphatic heterocycles. The van der Waals surface area contributed by atoms with Crippen LogP contribution in [0.15, 0.2) is 0 Å². The molecule has 0 aromatic heterocycles. The number of nitrogens with zero attached hydrogens (tertiary/aromatic N) is 2. The third-order valence-corrected chi connectivity index (χ3v) is 2.13. The summed E-state index contributed by atoms with van der Waals surface area (Å²) in [5.74, 6) is -1.88. The monoisotopic (exact) mass is 252 g/mol. The zero-order valence-corrected chi connectivity index (χ0v) is 9.49. The number of alkyl halides is 2. The third-order valence-electron chi connectivity index (χ3n) is 1.76. The molecule has 0 aromatic carbocycles. The van der Waals surface area contributed by atoms with E-state index < -0.39 is 22.8 Å². The van der Waals surface area contributed by atoms with Gasteiger partial charge in [0.2, 0.25) is 0 Å². The molecule has 84 valence electrons. The Morgan fingerprint density at radius 2 is 2.07 bits per heavy atom. The second kappa shape index (κ2) is 6.49. The summed E-state index contributed by atoms with van der Waals surface area (Å²) in [6.07, 6.45) is 0.0316. The van der Waals surface area contributed by atoms with Gasteiger partial charge in [-0.15, -0.1) is 0 Å². The van der Waals surface area contributed by atoms with Gasteiger partial charge in [-0.25, -0.2) is 4.79 Å². The van der Waals surface area contributed by atoms with Crippen molar-refractivity contribution in [1.82, 2.24) is 4.90 Å². The lowest BCUT2D eigenvalue weighted by atomic mass is 10.2. The molecule has 1 amide bonds. The fourth-order valence-corrected chi connectivity index (χ4v) is 1.17. The maximum Gasteiger partial charge on any atom is 0.326 e. The number of aliphatic carboxylic acids is 1. The highest BCUT2D eigenvalue weighted by molar-refractivity contribution is 6.53. The van der Waals surface area contributed by atoms with Gasteiger partial charge in [0.15, 0.2) is 4.84 Å². The van der Waals surface area contributed by atoms with Crippen LogP contribution in [0, 0.1) is 11.3 Å². The Bertz CT molecular complexity index is 288. The number of carbonyl (C=O) groups is 2. The minimum absolute atomic E-state index is 0.00125. The van der Waals surface area contributed by atoms with E-state index >= 15 is 0 Å². The first kappa shape index (κ1) is 14.0. The van der Waals surface area contributed by atoms with Crippen LogP contribution in [0.4, 0.5) is 0 Å². The predicted molar refractivity (Wildman–Crippen MR) is 54.5 cm³/mol. The van der Waals surface area contributed by atoms with Gasteiger partial charge in [0.1, 0.15) is 6.04 Å². The van der Waals surface area contributed by atoms with Crippen molar-refractivity contribution in [2.75, 3.05) is 6.54 Å². The van der Waals surface area contributed by atoms with Crippen LogP contribution in [0.2, 0.25) is 0 Å². The molecular weight excluding hydrogens is 243 g/mol. The molecule has 0 aromatic rings. The number of amides is 1. The lowest BCUT2D eigenvalue weighted by Crippen LogP contribution is -2.45. The van der Waals surface area contributed by atoms with E-state index in [0.29, 0.717) is 0 Å². The number of rotatable bonds is 5. The molecule has 5 nitrogen and oxygen atoms in total. The van der Waals surface area contributed by atoms with Crippen LogP contribution in [0.5, 0.6) is 0 Å². The van der Waals surface area contributed by atoms with Gasteiger partial charge in [-0.3, -0.25) is 4.79 Å². The van der Waals surface area contributed by atoms with Crippen LogP contribution in [-0.4, -0.2) is 39.3 Å². The maximum absolute atomic E-state index is 11.4. The summed E-state index contributed by atoms with van der Waals surface area (Å²) in [5.41, 5.74) is 0. The summed E-state index contributed by atoms with van der Waals surface area (Å²) in [4.78, 5) is 21.7. The van der Waals surface area contributed by atoms with E-state index in [9.17, 15) is 9.59 Å². The Morgan fingerprint density at radius 1 is 1.53 bits per heavy atom. The van der Waals surface area contributed by atoms with Gasteiger partial charge >= 0.3 is 5.97 Å². The summed E-state index contributed by atoms with van der Waals surface area (Å²) >= 11 is 10.7. The summed E-state index contributed by atoms with van der Waals surface area (Å²) in [5, 5.41) is 17.1. The summed E-state index contributed by atoms with van der Waals surface area (Å²) < 4.78 is 0. The van der Waals surface area contributed by atoms with Crippen molar-refractivity contribution in [2.24, 2.45) is 0 Å². The molecule has 0 radical (unpaired) electrons. The SMILES string of the molecule is CC(C(=O)O)N(CCC#N)C(=O)C(Cl)Cl. The molecule has 7 heteroatoms. The average molecular weight is 253 g/mol. The molecule has 0 heterocycles. The molecule has 0 rings (SSSR count). The average Bonchev–Trinajstić information content (AvgIpc) is 2.17. The number of hydrogen-bond acceptors (Lipinski definition) is 3.